The number of unbranched alkanes of at least 4 members (excludes halogenated alkanes) is 1. The predicted octanol–water partition coefficient (Wildman–Crippen LogP) is 3.72. The van der Waals surface area contributed by atoms with Crippen LogP contribution >= 0.6 is 11.8 Å². The molecule has 14 amide bonds. The van der Waals surface area contributed by atoms with Crippen molar-refractivity contribution in [1.29, 1.82) is 0 Å². The number of H-pyrrole nitrogens is 1. The van der Waals surface area contributed by atoms with Gasteiger partial charge in [-0.3, -0.25) is 71.9 Å². The highest BCUT2D eigenvalue weighted by molar-refractivity contribution is 8.00. The molecule has 2 fully saturated rings. The summed E-state index contributed by atoms with van der Waals surface area (Å²) in [5.74, 6) is -14.5. The molecule has 1 saturated heterocycles. The molecule has 2 heterocycles. The summed E-state index contributed by atoms with van der Waals surface area (Å²) in [5.41, 5.74) is 9.50. The fraction of sp³-hybridized carbons (Fsp3) is 0.448. The Morgan fingerprint density at radius 1 is 0.466 bits per heavy atom. The lowest BCUT2D eigenvalue weighted by Crippen LogP contribution is -2.61. The maximum absolute atomic E-state index is 15.6. The van der Waals surface area contributed by atoms with Gasteiger partial charge in [-0.1, -0.05) is 199 Å². The van der Waals surface area contributed by atoms with Gasteiger partial charge in [-0.25, -0.2) is 0 Å². The Labute approximate surface area is 767 Å². The smallest absolute Gasteiger partial charge is 0.305 e. The monoisotopic (exact) mass is 1820 g/mol. The lowest BCUT2D eigenvalue weighted by Gasteiger charge is -2.37. The summed E-state index contributed by atoms with van der Waals surface area (Å²) in [6.07, 6.45) is 4.75. The highest BCUT2D eigenvalue weighted by Gasteiger charge is 2.42. The van der Waals surface area contributed by atoms with Crippen LogP contribution in [0.1, 0.15) is 118 Å². The second kappa shape index (κ2) is 50.1. The van der Waals surface area contributed by atoms with Gasteiger partial charge in [0.2, 0.25) is 82.7 Å². The van der Waals surface area contributed by atoms with E-state index in [0.29, 0.717) is 57.1 Å². The van der Waals surface area contributed by atoms with Crippen LogP contribution in [0.2, 0.25) is 0 Å². The lowest BCUT2D eigenvalue weighted by molar-refractivity contribution is -0.151. The molecule has 1 aromatic heterocycles. The number of carboxylic acids is 1. The molecule has 0 unspecified atom stereocenters. The Morgan fingerprint density at radius 2 is 0.924 bits per heavy atom. The molecule has 131 heavy (non-hydrogen) atoms. The van der Waals surface area contributed by atoms with Crippen molar-refractivity contribution in [3.8, 4) is 11.5 Å². The molecule has 1 aliphatic carbocycles. The number of nitrogens with zero attached hydrogens (tertiary/aromatic N) is 5. The second-order valence-corrected chi connectivity index (χ2v) is 35.3. The first-order chi connectivity index (χ1) is 62.6. The summed E-state index contributed by atoms with van der Waals surface area (Å²) >= 11 is 1.07. The van der Waals surface area contributed by atoms with Crippen LogP contribution in [0.3, 0.4) is 0 Å². The molecule has 2 aliphatic rings. The van der Waals surface area contributed by atoms with Crippen LogP contribution in [0.5, 0.6) is 11.5 Å². The van der Waals surface area contributed by atoms with Crippen LogP contribution in [0, 0.1) is 11.8 Å². The van der Waals surface area contributed by atoms with Gasteiger partial charge in [0.15, 0.2) is 0 Å². The van der Waals surface area contributed by atoms with Crippen molar-refractivity contribution in [2.75, 3.05) is 72.9 Å². The Morgan fingerprint density at radius 3 is 1.48 bits per heavy atom. The van der Waals surface area contributed by atoms with Crippen molar-refractivity contribution in [2.45, 2.75) is 190 Å². The van der Waals surface area contributed by atoms with Gasteiger partial charge in [-0.15, -0.1) is 11.8 Å². The average molecular weight is 1820 g/mol. The molecule has 7 aromatic rings. The summed E-state index contributed by atoms with van der Waals surface area (Å²) in [6.45, 7) is 3.06. The van der Waals surface area contributed by atoms with Crippen molar-refractivity contribution < 1.29 is 87.2 Å². The van der Waals surface area contributed by atoms with Crippen molar-refractivity contribution in [1.82, 2.24) is 77.3 Å². The van der Waals surface area contributed by atoms with Gasteiger partial charge >= 0.3 is 5.97 Å². The number of fused-ring (bicyclic) bond motifs is 1. The lowest BCUT2D eigenvalue weighted by atomic mass is 9.84. The van der Waals surface area contributed by atoms with Gasteiger partial charge in [-0.2, -0.15) is 0 Å². The molecular formula is C96H124N16O18S. The predicted molar refractivity (Wildman–Crippen MR) is 494 cm³/mol. The zero-order valence-electron chi connectivity index (χ0n) is 75.4. The minimum Gasteiger partial charge on any atom is -0.508 e. The minimum atomic E-state index is -1.89. The molecule has 35 heteroatoms. The van der Waals surface area contributed by atoms with Gasteiger partial charge in [0.1, 0.15) is 71.9 Å². The summed E-state index contributed by atoms with van der Waals surface area (Å²) in [7, 11) is 6.67. The van der Waals surface area contributed by atoms with E-state index >= 15 is 43.2 Å². The fourth-order valence-electron chi connectivity index (χ4n) is 16.3. The van der Waals surface area contributed by atoms with Crippen molar-refractivity contribution in [2.24, 2.45) is 17.6 Å². The molecule has 0 bridgehead atoms. The number of aromatic amines is 1. The maximum atomic E-state index is 15.6. The number of phenols is 2. The van der Waals surface area contributed by atoms with E-state index in [1.807, 2.05) is 13.0 Å². The number of nitrogens with one attached hydrogen (secondary N) is 10. The number of thioether (sulfide) groups is 1. The van der Waals surface area contributed by atoms with Crippen LogP contribution in [-0.4, -0.2) is 273 Å². The van der Waals surface area contributed by atoms with Gasteiger partial charge in [0.25, 0.3) is 0 Å². The Hall–Kier alpha value is -13.2. The second-order valence-electron chi connectivity index (χ2n) is 34.2. The van der Waals surface area contributed by atoms with Crippen LogP contribution in [0.15, 0.2) is 170 Å². The first-order valence-electron chi connectivity index (χ1n) is 44.3. The SMILES string of the molecule is CCCC[C@H]1C(=O)N(C)CC(=O)N[C@@H](CC(=O)O)C(=O)N[C@@H](C(C)C)C(=O)N(C)[C@@H](Cc2ccccc2)C(=O)N[C@@H](Cc2ccc(O)cc2)C(=O)N(C)CC(=O)N[C@@H](Cc2c[nH]c3ccccc23)C(=O)N[C@@H](Cc2ccc(O)cc2)C(=O)N[C@@H](CC2CCCCC2)C(=O)N[C@H](CNCC(N)=O)CSCC(=O)N[C@@H](Cc2ccccc2)C(=O)N(C)[C@@H](Cc2ccccc2)C(=O)N1C. The van der Waals surface area contributed by atoms with Crippen molar-refractivity contribution >= 4 is 111 Å². The number of hydrogen-bond acceptors (Lipinski definition) is 19. The standard InChI is InChI=1S/C96H124N16O18S/c1-9-10-35-78-94(128)109(5)56-83(117)102-75(51-85(119)120)90(124)107-86(59(2)3)96(130)111(7)79(48-62-29-19-13-20-30-62)91(125)106-76(47-65-38-42-69(114)43-39-65)92(126)108(4)55-82(116)101-74(50-66-52-99-71-34-24-23-33-70(66)71)89(123)105-73(45-64-36-40-68(113)41-37-64)88(122)104-72(44-60-25-15-11-16-26-60)87(121)100-67(53-98-54-81(97)115)57-131-58-84(118)103-77(46-61-27-17-12-18-28-61)93(127)112(8)80(95(129)110(78)6)49-63-31-21-14-22-32-63/h12-14,17-24,27-34,36-43,52,59-60,67,72-80,86,98-99,113-114H,9-11,15-16,25-26,35,44-51,53-58H2,1-8H3,(H2,97,115)(H,100,121)(H,101,116)(H,102,117)(H,103,118)(H,104,122)(H,105,123)(H,106,125)(H,107,124)(H,119,120)/t67-,72+,73+,74+,75+,76+,77+,78+,79+,80+,86+/m1/s1. The quantitative estimate of drug-likeness (QED) is 0.0410. The van der Waals surface area contributed by atoms with E-state index in [9.17, 15) is 44.1 Å². The van der Waals surface area contributed by atoms with Gasteiger partial charge in [0, 0.05) is 103 Å². The zero-order chi connectivity index (χ0) is 95.0. The van der Waals surface area contributed by atoms with E-state index < -0.39 is 181 Å². The number of aromatic nitrogens is 1. The van der Waals surface area contributed by atoms with E-state index in [1.165, 1.54) is 81.4 Å². The Bertz CT molecular complexity index is 5060. The maximum Gasteiger partial charge on any atom is 0.305 e. The average Bonchev–Trinajstić information content (AvgIpc) is 1.81. The summed E-state index contributed by atoms with van der Waals surface area (Å²) < 4.78 is 0. The number of likely N-dealkylation sites (N-methyl/N-ethyl adjacent to an activating group) is 5. The first kappa shape index (κ1) is 102. The topological polar surface area (TPSA) is 483 Å². The third-order valence-corrected chi connectivity index (χ3v) is 24.8. The Kier molecular flexibility index (Phi) is 38.9. The summed E-state index contributed by atoms with van der Waals surface area (Å²) in [5, 5.41) is 57.2. The number of aliphatic carboxylic acids is 1. The molecule has 0 radical (unpaired) electrons. The van der Waals surface area contributed by atoms with Gasteiger partial charge in [0.05, 0.1) is 37.8 Å². The molecule has 11 atom stereocenters. The van der Waals surface area contributed by atoms with Gasteiger partial charge < -0.3 is 98.4 Å². The van der Waals surface area contributed by atoms with Crippen molar-refractivity contribution in [3.63, 3.8) is 0 Å². The highest BCUT2D eigenvalue weighted by atomic mass is 32.2. The number of benzene rings is 6. The number of carbonyl (C=O) groups is 15. The van der Waals surface area contributed by atoms with Crippen molar-refractivity contribution in [3.05, 3.63) is 203 Å². The molecular weight excluding hydrogens is 1700 g/mol. The first-order valence-corrected chi connectivity index (χ1v) is 45.5. The van der Waals surface area contributed by atoms with Crippen LogP contribution in [0.25, 0.3) is 10.9 Å². The highest BCUT2D eigenvalue weighted by Crippen LogP contribution is 2.29. The number of hydrogen-bond donors (Lipinski definition) is 14. The number of carbonyl (C=O) groups excluding carboxylic acids is 14. The van der Waals surface area contributed by atoms with E-state index in [4.69, 9.17) is 5.73 Å². The van der Waals surface area contributed by atoms with E-state index in [1.54, 1.807) is 141 Å². The molecule has 0 spiro atoms. The summed E-state index contributed by atoms with van der Waals surface area (Å²) in [6, 6.07) is 29.3. The summed E-state index contributed by atoms with van der Waals surface area (Å²) in [4.78, 5) is 231. The number of aromatic hydroxyl groups is 2. The minimum absolute atomic E-state index is 0.00816. The molecule has 1 aliphatic heterocycles. The van der Waals surface area contributed by atoms with E-state index in [0.717, 1.165) is 58.6 Å². The van der Waals surface area contributed by atoms with Gasteiger partial charge in [-0.05, 0) is 88.4 Å². The number of carboxylic acid groups (broad SMARTS) is 1. The number of para-hydroxylation sites is 1. The number of phenolic OH excluding ortho intramolecular Hbond substituents is 2. The van der Waals surface area contributed by atoms with Crippen LogP contribution in [-0.2, 0) is 110 Å². The third-order valence-electron chi connectivity index (χ3n) is 23.6. The zero-order valence-corrected chi connectivity index (χ0v) is 76.2. The number of amides is 14. The number of rotatable bonds is 24. The fourth-order valence-corrected chi connectivity index (χ4v) is 17.2. The van der Waals surface area contributed by atoms with Crippen LogP contribution < -0.4 is 53.6 Å². The molecule has 702 valence electrons. The third kappa shape index (κ3) is 31.0. The largest absolute Gasteiger partial charge is 0.508 e. The number of primary amides is 1. The molecule has 34 nitrogen and oxygen atoms in total. The molecule has 1 saturated carbocycles. The van der Waals surface area contributed by atoms with E-state index in [-0.39, 0.29) is 93.4 Å². The normalized spacial score (nSPS) is 22.6. The number of nitrogens with two attached hydrogens (primary N) is 1. The Balaban J connectivity index is 1.11. The van der Waals surface area contributed by atoms with Crippen LogP contribution in [0.4, 0.5) is 0 Å². The molecule has 6 aromatic carbocycles. The van der Waals surface area contributed by atoms with E-state index in [2.05, 4.69) is 52.8 Å². The molecule has 15 N–H and O–H groups in total. The molecule has 9 rings (SSSR count).